The smallest absolute Gasteiger partial charge is 0.268 e. The number of hydrogen-bond donors (Lipinski definition) is 1. The Bertz CT molecular complexity index is 1330. The number of fused-ring (bicyclic) bond motifs is 1. The van der Waals surface area contributed by atoms with Gasteiger partial charge < -0.3 is 14.2 Å². The summed E-state index contributed by atoms with van der Waals surface area (Å²) >= 11 is 7.34. The van der Waals surface area contributed by atoms with Crippen molar-refractivity contribution in [2.24, 2.45) is 0 Å². The first-order valence-electron chi connectivity index (χ1n) is 9.78. The number of amides is 1. The van der Waals surface area contributed by atoms with Crippen molar-refractivity contribution < 1.29 is 23.4 Å². The molecule has 168 valence electrons. The number of nitrogens with one attached hydrogen (secondary N) is 1. The van der Waals surface area contributed by atoms with Crippen LogP contribution in [0.1, 0.15) is 20.8 Å². The molecule has 0 unspecified atom stereocenters. The van der Waals surface area contributed by atoms with Crippen LogP contribution in [-0.4, -0.2) is 27.5 Å². The Morgan fingerprint density at radius 1 is 1.21 bits per heavy atom. The average molecular weight is 487 g/mol. The van der Waals surface area contributed by atoms with Gasteiger partial charge in [0.25, 0.3) is 5.91 Å². The lowest BCUT2D eigenvalue weighted by Gasteiger charge is -2.05. The number of nitrogens with zero attached hydrogens (tertiary/aromatic N) is 3. The Hall–Kier alpha value is -3.63. The van der Waals surface area contributed by atoms with Gasteiger partial charge in [0.15, 0.2) is 11.5 Å². The molecule has 8 nitrogen and oxygen atoms in total. The zero-order chi connectivity index (χ0) is 22.8. The third-order valence-corrected chi connectivity index (χ3v) is 6.07. The lowest BCUT2D eigenvalue weighted by atomic mass is 10.2. The number of hydrogen-bond acceptors (Lipinski definition) is 7. The SMILES string of the molecule is O=C(Nc1ncn(Cc2ccc(F)cc2Cl)n1)c1cc(COc2ccc3c(c2)OCO3)cs1. The Labute approximate surface area is 196 Å². The molecule has 0 atom stereocenters. The first kappa shape index (κ1) is 21.2. The van der Waals surface area contributed by atoms with Gasteiger partial charge in [-0.3, -0.25) is 10.1 Å². The molecule has 1 aliphatic heterocycles. The zero-order valence-corrected chi connectivity index (χ0v) is 18.5. The fourth-order valence-electron chi connectivity index (χ4n) is 3.12. The van der Waals surface area contributed by atoms with Crippen molar-refractivity contribution >= 4 is 34.8 Å². The Balaban J connectivity index is 1.17. The topological polar surface area (TPSA) is 87.5 Å². The first-order valence-corrected chi connectivity index (χ1v) is 11.0. The second-order valence-electron chi connectivity index (χ2n) is 7.08. The molecule has 0 aliphatic carbocycles. The van der Waals surface area contributed by atoms with Crippen LogP contribution in [0.25, 0.3) is 0 Å². The Morgan fingerprint density at radius 3 is 2.97 bits per heavy atom. The van der Waals surface area contributed by atoms with E-state index in [9.17, 15) is 9.18 Å². The van der Waals surface area contributed by atoms with E-state index in [1.165, 1.54) is 34.5 Å². The van der Waals surface area contributed by atoms with Gasteiger partial charge in [0.05, 0.1) is 11.4 Å². The van der Waals surface area contributed by atoms with E-state index in [0.717, 1.165) is 5.56 Å². The van der Waals surface area contributed by atoms with E-state index >= 15 is 0 Å². The largest absolute Gasteiger partial charge is 0.489 e. The standard InChI is InChI=1S/C22H16ClFN4O4S/c23-17-6-15(24)2-1-14(17)8-28-11-25-22(27-28)26-21(29)20-5-13(10-33-20)9-30-16-3-4-18-19(7-16)32-12-31-18/h1-7,10-11H,8-9,12H2,(H,26,27,29). The molecule has 11 heteroatoms. The molecule has 1 aliphatic rings. The predicted molar refractivity (Wildman–Crippen MR) is 120 cm³/mol. The lowest BCUT2D eigenvalue weighted by molar-refractivity contribution is 0.102. The van der Waals surface area contributed by atoms with Crippen LogP contribution in [0.15, 0.2) is 54.2 Å². The number of aromatic nitrogens is 3. The second-order valence-corrected chi connectivity index (χ2v) is 8.40. The summed E-state index contributed by atoms with van der Waals surface area (Å²) in [6, 6.07) is 11.3. The number of anilines is 1. The third-order valence-electron chi connectivity index (χ3n) is 4.74. The number of rotatable bonds is 7. The summed E-state index contributed by atoms with van der Waals surface area (Å²) in [6.45, 7) is 0.798. The molecular formula is C22H16ClFN4O4S. The maximum absolute atomic E-state index is 13.2. The molecule has 0 fully saturated rings. The third kappa shape index (κ3) is 4.91. The maximum Gasteiger partial charge on any atom is 0.268 e. The van der Waals surface area contributed by atoms with Crippen LogP contribution in [0.5, 0.6) is 17.2 Å². The molecule has 4 aromatic rings. The Morgan fingerprint density at radius 2 is 2.09 bits per heavy atom. The fourth-order valence-corrected chi connectivity index (χ4v) is 4.14. The van der Waals surface area contributed by atoms with Gasteiger partial charge in [-0.25, -0.2) is 14.1 Å². The first-order chi connectivity index (χ1) is 16.0. The molecule has 5 rings (SSSR count). The van der Waals surface area contributed by atoms with Crippen LogP contribution in [0.3, 0.4) is 0 Å². The van der Waals surface area contributed by atoms with Crippen LogP contribution in [0, 0.1) is 5.82 Å². The van der Waals surface area contributed by atoms with Gasteiger partial charge in [-0.05, 0) is 41.3 Å². The molecular weight excluding hydrogens is 471 g/mol. The molecule has 3 heterocycles. The number of benzene rings is 2. The van der Waals surface area contributed by atoms with Crippen molar-refractivity contribution in [2.75, 3.05) is 12.1 Å². The number of halogens is 2. The molecule has 0 spiro atoms. The predicted octanol–water partition coefficient (Wildman–Crippen LogP) is 4.74. The van der Waals surface area contributed by atoms with Gasteiger partial charge >= 0.3 is 0 Å². The lowest BCUT2D eigenvalue weighted by Crippen LogP contribution is -2.12. The highest BCUT2D eigenvalue weighted by Crippen LogP contribution is 2.35. The molecule has 0 radical (unpaired) electrons. The molecule has 2 aromatic heterocycles. The monoisotopic (exact) mass is 486 g/mol. The van der Waals surface area contributed by atoms with Crippen molar-refractivity contribution in [3.63, 3.8) is 0 Å². The summed E-state index contributed by atoms with van der Waals surface area (Å²) in [5.74, 6) is 1.40. The maximum atomic E-state index is 13.2. The summed E-state index contributed by atoms with van der Waals surface area (Å²) in [7, 11) is 0. The molecule has 1 N–H and O–H groups in total. The van der Waals surface area contributed by atoms with Crippen LogP contribution in [0.2, 0.25) is 5.02 Å². The van der Waals surface area contributed by atoms with E-state index in [4.69, 9.17) is 25.8 Å². The molecule has 2 aromatic carbocycles. The van der Waals surface area contributed by atoms with Crippen molar-refractivity contribution in [3.05, 3.63) is 81.0 Å². The molecule has 0 saturated heterocycles. The molecule has 0 bridgehead atoms. The minimum atomic E-state index is -0.410. The van der Waals surface area contributed by atoms with Crippen LogP contribution in [0.4, 0.5) is 10.3 Å². The quantitative estimate of drug-likeness (QED) is 0.406. The van der Waals surface area contributed by atoms with E-state index in [-0.39, 0.29) is 18.6 Å². The zero-order valence-electron chi connectivity index (χ0n) is 17.0. The summed E-state index contributed by atoms with van der Waals surface area (Å²) < 4.78 is 31.1. The number of ether oxygens (including phenoxy) is 3. The van der Waals surface area contributed by atoms with E-state index in [2.05, 4.69) is 15.4 Å². The van der Waals surface area contributed by atoms with Crippen molar-refractivity contribution in [1.82, 2.24) is 14.8 Å². The van der Waals surface area contributed by atoms with E-state index in [1.807, 2.05) is 5.38 Å². The Kier molecular flexibility index (Phi) is 5.84. The molecule has 0 saturated carbocycles. The van der Waals surface area contributed by atoms with Crippen LogP contribution < -0.4 is 19.5 Å². The minimum absolute atomic E-state index is 0.157. The van der Waals surface area contributed by atoms with Gasteiger partial charge in [-0.15, -0.1) is 16.4 Å². The minimum Gasteiger partial charge on any atom is -0.489 e. The summed E-state index contributed by atoms with van der Waals surface area (Å²) in [4.78, 5) is 17.2. The van der Waals surface area contributed by atoms with Crippen LogP contribution in [-0.2, 0) is 13.2 Å². The average Bonchev–Trinajstić information content (AvgIpc) is 3.55. The number of carbonyl (C=O) groups is 1. The van der Waals surface area contributed by atoms with Gasteiger partial charge in [0.1, 0.15) is 24.5 Å². The molecule has 1 amide bonds. The van der Waals surface area contributed by atoms with E-state index < -0.39 is 5.82 Å². The summed E-state index contributed by atoms with van der Waals surface area (Å²) in [5, 5.41) is 9.04. The van der Waals surface area contributed by atoms with Crippen molar-refractivity contribution in [1.29, 1.82) is 0 Å². The fraction of sp³-hybridized carbons (Fsp3) is 0.136. The van der Waals surface area contributed by atoms with Gasteiger partial charge in [-0.2, -0.15) is 0 Å². The van der Waals surface area contributed by atoms with E-state index in [1.54, 1.807) is 30.3 Å². The summed E-state index contributed by atoms with van der Waals surface area (Å²) in [6.07, 6.45) is 1.47. The van der Waals surface area contributed by atoms with Crippen LogP contribution >= 0.6 is 22.9 Å². The normalized spacial score (nSPS) is 12.1. The van der Waals surface area contributed by atoms with Crippen molar-refractivity contribution in [3.8, 4) is 17.2 Å². The second kappa shape index (κ2) is 9.08. The highest BCUT2D eigenvalue weighted by molar-refractivity contribution is 7.12. The van der Waals surface area contributed by atoms with E-state index in [0.29, 0.717) is 45.9 Å². The van der Waals surface area contributed by atoms with Gasteiger partial charge in [0, 0.05) is 16.7 Å². The van der Waals surface area contributed by atoms with Gasteiger partial charge in [0.2, 0.25) is 12.7 Å². The van der Waals surface area contributed by atoms with Gasteiger partial charge in [-0.1, -0.05) is 17.7 Å². The van der Waals surface area contributed by atoms with Crippen molar-refractivity contribution in [2.45, 2.75) is 13.2 Å². The highest BCUT2D eigenvalue weighted by atomic mass is 35.5. The number of carbonyl (C=O) groups excluding carboxylic acids is 1. The molecule has 33 heavy (non-hydrogen) atoms. The number of thiophene rings is 1. The summed E-state index contributed by atoms with van der Waals surface area (Å²) in [5.41, 5.74) is 1.54. The highest BCUT2D eigenvalue weighted by Gasteiger charge is 2.15.